The highest BCUT2D eigenvalue weighted by atomic mass is 32.2. The maximum Gasteiger partial charge on any atom is 0.282 e. The fraction of sp³-hybridized carbons (Fsp3) is 0.0870. The minimum absolute atomic E-state index is 0.00338. The third-order valence-corrected chi connectivity index (χ3v) is 5.99. The molecular weight excluding hydrogens is 458 g/mol. The first-order valence-electron chi connectivity index (χ1n) is 10.1. The zero-order chi connectivity index (χ0) is 23.5. The highest BCUT2D eigenvalue weighted by molar-refractivity contribution is 7.98. The molecule has 1 amide bonds. The Balaban J connectivity index is 1.20. The van der Waals surface area contributed by atoms with Crippen LogP contribution in [0.1, 0.15) is 21.5 Å². The van der Waals surface area contributed by atoms with Gasteiger partial charge in [-0.2, -0.15) is 5.10 Å². The summed E-state index contributed by atoms with van der Waals surface area (Å²) in [6.45, 7) is -0.00338. The molecule has 2 N–H and O–H groups in total. The molecule has 1 aliphatic heterocycles. The van der Waals surface area contributed by atoms with E-state index >= 15 is 0 Å². The van der Waals surface area contributed by atoms with Crippen molar-refractivity contribution in [1.82, 2.24) is 15.4 Å². The number of H-pyrrole nitrogens is 1. The van der Waals surface area contributed by atoms with Crippen LogP contribution in [0.5, 0.6) is 11.5 Å². The molecule has 4 aromatic rings. The molecule has 5 rings (SSSR count). The lowest BCUT2D eigenvalue weighted by Gasteiger charge is -2.03. The highest BCUT2D eigenvalue weighted by Crippen LogP contribution is 2.37. The number of imidazole rings is 1. The lowest BCUT2D eigenvalue weighted by molar-refractivity contribution is -0.385. The first-order valence-corrected chi connectivity index (χ1v) is 11.1. The number of thioether (sulfide) groups is 1. The molecule has 0 radical (unpaired) electrons. The number of hydrazone groups is 1. The van der Waals surface area contributed by atoms with Gasteiger partial charge in [0.15, 0.2) is 16.7 Å². The highest BCUT2D eigenvalue weighted by Gasteiger charge is 2.22. The van der Waals surface area contributed by atoms with Crippen LogP contribution in [-0.4, -0.2) is 33.8 Å². The van der Waals surface area contributed by atoms with E-state index in [0.717, 1.165) is 21.8 Å². The smallest absolute Gasteiger partial charge is 0.282 e. The molecule has 10 nitrogen and oxygen atoms in total. The SMILES string of the molecule is O=C(NN=Cc1cc2c(cc1[N+](=O)[O-])OCO2)c1ccc(CSc2nc3ccccc3[nH]2)cc1. The molecule has 34 heavy (non-hydrogen) atoms. The van der Waals surface area contributed by atoms with Crippen molar-refractivity contribution in [3.8, 4) is 11.5 Å². The molecule has 0 unspecified atom stereocenters. The van der Waals surface area contributed by atoms with Crippen molar-refractivity contribution in [3.63, 3.8) is 0 Å². The molecule has 2 heterocycles. The largest absolute Gasteiger partial charge is 0.454 e. The number of nitrogens with one attached hydrogen (secondary N) is 2. The summed E-state index contributed by atoms with van der Waals surface area (Å²) in [5, 5.41) is 16.0. The molecule has 170 valence electrons. The van der Waals surface area contributed by atoms with E-state index in [-0.39, 0.29) is 18.0 Å². The van der Waals surface area contributed by atoms with Crippen molar-refractivity contribution in [1.29, 1.82) is 0 Å². The summed E-state index contributed by atoms with van der Waals surface area (Å²) in [7, 11) is 0. The van der Waals surface area contributed by atoms with Crippen molar-refractivity contribution in [3.05, 3.63) is 87.5 Å². The van der Waals surface area contributed by atoms with Gasteiger partial charge in [-0.1, -0.05) is 36.0 Å². The number of rotatable bonds is 7. The number of benzene rings is 3. The third-order valence-electron chi connectivity index (χ3n) is 5.05. The summed E-state index contributed by atoms with van der Waals surface area (Å²) >= 11 is 1.57. The number of nitrogens with zero attached hydrogens (tertiary/aromatic N) is 3. The van der Waals surface area contributed by atoms with E-state index in [4.69, 9.17) is 9.47 Å². The van der Waals surface area contributed by atoms with Crippen LogP contribution in [0.15, 0.2) is 70.9 Å². The Morgan fingerprint density at radius 2 is 1.94 bits per heavy atom. The number of nitro benzene ring substituents is 1. The third kappa shape index (κ3) is 4.55. The molecule has 0 spiro atoms. The average molecular weight is 475 g/mol. The quantitative estimate of drug-likeness (QED) is 0.177. The van der Waals surface area contributed by atoms with Gasteiger partial charge in [-0.25, -0.2) is 10.4 Å². The van der Waals surface area contributed by atoms with Crippen LogP contribution in [0.2, 0.25) is 0 Å². The number of carbonyl (C=O) groups is 1. The zero-order valence-electron chi connectivity index (χ0n) is 17.6. The van der Waals surface area contributed by atoms with Crippen LogP contribution in [-0.2, 0) is 5.75 Å². The number of nitro groups is 1. The Hall–Kier alpha value is -4.38. The second kappa shape index (κ2) is 9.24. The zero-order valence-corrected chi connectivity index (χ0v) is 18.4. The molecule has 0 aliphatic carbocycles. The number of carbonyl (C=O) groups excluding carboxylic acids is 1. The molecule has 3 aromatic carbocycles. The maximum absolute atomic E-state index is 12.4. The van der Waals surface area contributed by atoms with Crippen LogP contribution >= 0.6 is 11.8 Å². The number of ether oxygens (including phenoxy) is 2. The van der Waals surface area contributed by atoms with Crippen molar-refractivity contribution < 1.29 is 19.2 Å². The van der Waals surface area contributed by atoms with E-state index < -0.39 is 10.8 Å². The van der Waals surface area contributed by atoms with E-state index in [9.17, 15) is 14.9 Å². The molecule has 0 fully saturated rings. The van der Waals surface area contributed by atoms with Gasteiger partial charge in [0.05, 0.1) is 33.8 Å². The van der Waals surface area contributed by atoms with E-state index in [2.05, 4.69) is 20.5 Å². The van der Waals surface area contributed by atoms with E-state index in [0.29, 0.717) is 22.8 Å². The number of hydrogen-bond donors (Lipinski definition) is 2. The molecular formula is C23H17N5O5S. The minimum Gasteiger partial charge on any atom is -0.454 e. The van der Waals surface area contributed by atoms with Crippen LogP contribution in [0, 0.1) is 10.1 Å². The van der Waals surface area contributed by atoms with Gasteiger partial charge < -0.3 is 14.5 Å². The van der Waals surface area contributed by atoms with Gasteiger partial charge in [-0.3, -0.25) is 14.9 Å². The summed E-state index contributed by atoms with van der Waals surface area (Å²) < 4.78 is 10.4. The van der Waals surface area contributed by atoms with Gasteiger partial charge in [0.1, 0.15) is 0 Å². The predicted molar refractivity (Wildman–Crippen MR) is 126 cm³/mol. The number of aromatic nitrogens is 2. The van der Waals surface area contributed by atoms with Crippen LogP contribution in [0.3, 0.4) is 0 Å². The topological polar surface area (TPSA) is 132 Å². The molecule has 0 saturated carbocycles. The molecule has 1 aliphatic rings. The Morgan fingerprint density at radius 3 is 2.71 bits per heavy atom. The van der Waals surface area contributed by atoms with E-state index in [1.165, 1.54) is 18.3 Å². The standard InChI is InChI=1S/C23H17N5O5S/c29-22(27-24-11-16-9-20-21(33-13-32-20)10-19(16)28(30)31)15-7-5-14(6-8-15)12-34-23-25-17-3-1-2-4-18(17)26-23/h1-11H,12-13H2,(H,25,26)(H,27,29). The average Bonchev–Trinajstić information content (AvgIpc) is 3.48. The van der Waals surface area contributed by atoms with Crippen molar-refractivity contribution in [2.45, 2.75) is 10.9 Å². The summed E-state index contributed by atoms with van der Waals surface area (Å²) in [4.78, 5) is 31.0. The molecule has 0 atom stereocenters. The maximum atomic E-state index is 12.4. The molecule has 1 aromatic heterocycles. The number of para-hydroxylation sites is 2. The first-order chi connectivity index (χ1) is 16.6. The summed E-state index contributed by atoms with van der Waals surface area (Å²) in [5.41, 5.74) is 5.73. The van der Waals surface area contributed by atoms with Gasteiger partial charge in [-0.05, 0) is 35.9 Å². The summed E-state index contributed by atoms with van der Waals surface area (Å²) in [5.74, 6) is 0.935. The Labute approximate surface area is 197 Å². The Morgan fingerprint density at radius 1 is 1.18 bits per heavy atom. The molecule has 11 heteroatoms. The number of fused-ring (bicyclic) bond motifs is 2. The van der Waals surface area contributed by atoms with Crippen LogP contribution in [0.4, 0.5) is 5.69 Å². The van der Waals surface area contributed by atoms with Crippen LogP contribution < -0.4 is 14.9 Å². The van der Waals surface area contributed by atoms with Crippen molar-refractivity contribution in [2.24, 2.45) is 5.10 Å². The first kappa shape index (κ1) is 21.5. The predicted octanol–water partition coefficient (Wildman–Crippen LogP) is 4.26. The Kier molecular flexibility index (Phi) is 5.83. The monoisotopic (exact) mass is 475 g/mol. The normalized spacial score (nSPS) is 12.4. The summed E-state index contributed by atoms with van der Waals surface area (Å²) in [6.07, 6.45) is 1.20. The van der Waals surface area contributed by atoms with Gasteiger partial charge in [0.25, 0.3) is 11.6 Å². The fourth-order valence-corrected chi connectivity index (χ4v) is 4.18. The fourth-order valence-electron chi connectivity index (χ4n) is 3.34. The lowest BCUT2D eigenvalue weighted by atomic mass is 10.1. The van der Waals surface area contributed by atoms with Crippen molar-refractivity contribution >= 4 is 40.6 Å². The minimum atomic E-state index is -0.548. The summed E-state index contributed by atoms with van der Waals surface area (Å²) in [6, 6.07) is 17.7. The van der Waals surface area contributed by atoms with Gasteiger partial charge in [-0.15, -0.1) is 0 Å². The van der Waals surface area contributed by atoms with E-state index in [1.807, 2.05) is 36.4 Å². The van der Waals surface area contributed by atoms with Gasteiger partial charge in [0.2, 0.25) is 6.79 Å². The number of aromatic amines is 1. The second-order valence-corrected chi connectivity index (χ2v) is 8.23. The second-order valence-electron chi connectivity index (χ2n) is 7.27. The lowest BCUT2D eigenvalue weighted by Crippen LogP contribution is -2.17. The van der Waals surface area contributed by atoms with Crippen LogP contribution in [0.25, 0.3) is 11.0 Å². The molecule has 0 bridgehead atoms. The number of amides is 1. The molecule has 0 saturated heterocycles. The van der Waals surface area contributed by atoms with Gasteiger partial charge >= 0.3 is 0 Å². The van der Waals surface area contributed by atoms with Crippen molar-refractivity contribution in [2.75, 3.05) is 6.79 Å². The number of hydrogen-bond acceptors (Lipinski definition) is 8. The Bertz CT molecular complexity index is 1380. The van der Waals surface area contributed by atoms with E-state index in [1.54, 1.807) is 23.9 Å². The van der Waals surface area contributed by atoms with Gasteiger partial charge in [0, 0.05) is 11.3 Å².